The van der Waals surface area contributed by atoms with Crippen LogP contribution in [0.3, 0.4) is 0 Å². The first kappa shape index (κ1) is 13.5. The second-order valence-electron chi connectivity index (χ2n) is 5.15. The monoisotopic (exact) mass is 241 g/mol. The van der Waals surface area contributed by atoms with Gasteiger partial charge in [0.2, 0.25) is 0 Å². The van der Waals surface area contributed by atoms with E-state index in [1.165, 1.54) is 11.1 Å². The van der Waals surface area contributed by atoms with Crippen molar-refractivity contribution in [2.75, 3.05) is 6.61 Å². The zero-order chi connectivity index (χ0) is 11.1. The van der Waals surface area contributed by atoms with Crippen molar-refractivity contribution in [3.05, 3.63) is 35.4 Å². The molecule has 0 aromatic heterocycles. The summed E-state index contributed by atoms with van der Waals surface area (Å²) in [6.45, 7) is 9.30. The summed E-state index contributed by atoms with van der Waals surface area (Å²) in [4.78, 5) is 0. The van der Waals surface area contributed by atoms with Gasteiger partial charge in [-0.2, -0.15) is 0 Å². The lowest BCUT2D eigenvalue weighted by Gasteiger charge is -2.28. The predicted molar refractivity (Wildman–Crippen MR) is 68.9 cm³/mol. The van der Waals surface area contributed by atoms with Crippen LogP contribution in [0, 0.1) is 6.92 Å². The van der Waals surface area contributed by atoms with Gasteiger partial charge in [-0.15, -0.1) is 12.4 Å². The highest BCUT2D eigenvalue weighted by atomic mass is 35.5. The molecule has 0 amide bonds. The number of aryl methyl sites for hydroxylation is 1. The summed E-state index contributed by atoms with van der Waals surface area (Å²) in [7, 11) is 0. The Balaban J connectivity index is 0.00000128. The van der Waals surface area contributed by atoms with E-state index in [1.54, 1.807) is 0 Å². The molecule has 0 bridgehead atoms. The maximum atomic E-state index is 5.91. The van der Waals surface area contributed by atoms with E-state index >= 15 is 0 Å². The van der Waals surface area contributed by atoms with Gasteiger partial charge in [-0.25, -0.2) is 0 Å². The van der Waals surface area contributed by atoms with Crippen molar-refractivity contribution in [3.63, 3.8) is 0 Å². The lowest BCUT2D eigenvalue weighted by atomic mass is 9.98. The van der Waals surface area contributed by atoms with E-state index in [9.17, 15) is 0 Å². The molecule has 0 spiro atoms. The highest BCUT2D eigenvalue weighted by Gasteiger charge is 2.41. The van der Waals surface area contributed by atoms with Gasteiger partial charge in [0.15, 0.2) is 0 Å². The van der Waals surface area contributed by atoms with Gasteiger partial charge in [-0.1, -0.05) is 24.3 Å². The molecule has 2 rings (SSSR count). The van der Waals surface area contributed by atoms with Crippen molar-refractivity contribution in [1.82, 2.24) is 5.32 Å². The van der Waals surface area contributed by atoms with Gasteiger partial charge in [-0.05, 0) is 33.3 Å². The van der Waals surface area contributed by atoms with Crippen LogP contribution in [0.5, 0.6) is 0 Å². The van der Waals surface area contributed by atoms with Gasteiger partial charge >= 0.3 is 0 Å². The normalized spacial score (nSPS) is 27.5. The second-order valence-corrected chi connectivity index (χ2v) is 5.15. The van der Waals surface area contributed by atoms with Crippen molar-refractivity contribution < 1.29 is 4.74 Å². The number of benzene rings is 1. The van der Waals surface area contributed by atoms with Crippen LogP contribution in [0.25, 0.3) is 0 Å². The number of hydrogen-bond acceptors (Lipinski definition) is 2. The summed E-state index contributed by atoms with van der Waals surface area (Å²) in [6, 6.07) is 8.37. The maximum absolute atomic E-state index is 5.91. The van der Waals surface area contributed by atoms with Crippen LogP contribution in [0.2, 0.25) is 0 Å². The molecule has 1 unspecified atom stereocenters. The average Bonchev–Trinajstić information content (AvgIpc) is 2.42. The van der Waals surface area contributed by atoms with Gasteiger partial charge in [0, 0.05) is 11.1 Å². The largest absolute Gasteiger partial charge is 0.355 e. The van der Waals surface area contributed by atoms with Gasteiger partial charge < -0.3 is 4.74 Å². The fourth-order valence-electron chi connectivity index (χ4n) is 2.30. The third-order valence-electron chi connectivity index (χ3n) is 2.96. The summed E-state index contributed by atoms with van der Waals surface area (Å²) in [6.07, 6.45) is 0. The maximum Gasteiger partial charge on any atom is 0.143 e. The van der Waals surface area contributed by atoms with Crippen LogP contribution >= 0.6 is 12.4 Å². The van der Waals surface area contributed by atoms with Gasteiger partial charge in [0.25, 0.3) is 0 Å². The van der Waals surface area contributed by atoms with Crippen molar-refractivity contribution >= 4 is 12.4 Å². The van der Waals surface area contributed by atoms with Crippen LogP contribution in [0.1, 0.15) is 31.9 Å². The van der Waals surface area contributed by atoms with E-state index in [-0.39, 0.29) is 23.7 Å². The zero-order valence-corrected chi connectivity index (χ0v) is 11.1. The summed E-state index contributed by atoms with van der Waals surface area (Å²) < 4.78 is 5.91. The number of hydrogen-bond donors (Lipinski definition) is 1. The SMILES string of the molecule is Cc1ccccc1C1(C)NC(C)(C)CO1.Cl. The molecule has 1 aromatic rings. The highest BCUT2D eigenvalue weighted by molar-refractivity contribution is 5.85. The minimum absolute atomic E-state index is 0. The van der Waals surface area contributed by atoms with Crippen LogP contribution in [0.15, 0.2) is 24.3 Å². The molecule has 3 heteroatoms. The second kappa shape index (κ2) is 4.36. The molecule has 1 saturated heterocycles. The highest BCUT2D eigenvalue weighted by Crippen LogP contribution is 2.33. The summed E-state index contributed by atoms with van der Waals surface area (Å²) in [5.74, 6) is 0. The Morgan fingerprint density at radius 3 is 2.31 bits per heavy atom. The first-order valence-corrected chi connectivity index (χ1v) is 5.42. The molecule has 1 aliphatic heterocycles. The summed E-state index contributed by atoms with van der Waals surface area (Å²) in [5.41, 5.74) is 2.21. The molecule has 2 nitrogen and oxygen atoms in total. The third kappa shape index (κ3) is 2.40. The molecule has 90 valence electrons. The standard InChI is InChI=1S/C13H19NO.ClH/c1-10-7-5-6-8-11(10)13(4)14-12(2,3)9-15-13;/h5-8,14H,9H2,1-4H3;1H. The molecule has 0 aliphatic carbocycles. The Bertz CT molecular complexity index is 378. The number of rotatable bonds is 1. The number of halogens is 1. The van der Waals surface area contributed by atoms with E-state index in [0.717, 1.165) is 6.61 Å². The van der Waals surface area contributed by atoms with E-state index in [1.807, 2.05) is 0 Å². The predicted octanol–water partition coefficient (Wildman–Crippen LogP) is 2.99. The fourth-order valence-corrected chi connectivity index (χ4v) is 2.30. The Labute approximate surface area is 104 Å². The Kier molecular flexibility index (Phi) is 3.68. The van der Waals surface area contributed by atoms with E-state index in [2.05, 4.69) is 57.3 Å². The van der Waals surface area contributed by atoms with Crippen molar-refractivity contribution in [2.45, 2.75) is 39.0 Å². The summed E-state index contributed by atoms with van der Waals surface area (Å²) >= 11 is 0. The Morgan fingerprint density at radius 2 is 1.81 bits per heavy atom. The van der Waals surface area contributed by atoms with Crippen LogP contribution in [0.4, 0.5) is 0 Å². The van der Waals surface area contributed by atoms with E-state index < -0.39 is 0 Å². The summed E-state index contributed by atoms with van der Waals surface area (Å²) in [5, 5.41) is 3.54. The molecular weight excluding hydrogens is 222 g/mol. The Hall–Kier alpha value is -0.570. The van der Waals surface area contributed by atoms with Gasteiger partial charge in [0.05, 0.1) is 6.61 Å². The molecule has 1 aromatic carbocycles. The molecular formula is C13H20ClNO. The zero-order valence-electron chi connectivity index (χ0n) is 10.3. The topological polar surface area (TPSA) is 21.3 Å². The minimum atomic E-state index is -0.338. The van der Waals surface area contributed by atoms with Crippen LogP contribution in [-0.2, 0) is 10.5 Å². The quantitative estimate of drug-likeness (QED) is 0.816. The number of nitrogens with one attached hydrogen (secondary N) is 1. The van der Waals surface area contributed by atoms with E-state index in [0.29, 0.717) is 0 Å². The van der Waals surface area contributed by atoms with Gasteiger partial charge in [-0.3, -0.25) is 5.32 Å². The molecule has 0 saturated carbocycles. The molecule has 1 fully saturated rings. The van der Waals surface area contributed by atoms with Crippen LogP contribution in [-0.4, -0.2) is 12.1 Å². The smallest absolute Gasteiger partial charge is 0.143 e. The van der Waals surface area contributed by atoms with Crippen LogP contribution < -0.4 is 5.32 Å². The lowest BCUT2D eigenvalue weighted by molar-refractivity contribution is 0.00169. The van der Waals surface area contributed by atoms with Gasteiger partial charge in [0.1, 0.15) is 5.72 Å². The lowest BCUT2D eigenvalue weighted by Crippen LogP contribution is -2.44. The molecule has 1 aliphatic rings. The molecule has 1 atom stereocenters. The van der Waals surface area contributed by atoms with Crippen molar-refractivity contribution in [2.24, 2.45) is 0 Å². The average molecular weight is 242 g/mol. The van der Waals surface area contributed by atoms with Crippen molar-refractivity contribution in [3.8, 4) is 0 Å². The molecule has 16 heavy (non-hydrogen) atoms. The third-order valence-corrected chi connectivity index (χ3v) is 2.96. The minimum Gasteiger partial charge on any atom is -0.355 e. The van der Waals surface area contributed by atoms with E-state index in [4.69, 9.17) is 4.74 Å². The first-order chi connectivity index (χ1) is 6.93. The number of ether oxygens (including phenoxy) is 1. The Morgan fingerprint density at radius 1 is 1.19 bits per heavy atom. The van der Waals surface area contributed by atoms with Crippen molar-refractivity contribution in [1.29, 1.82) is 0 Å². The molecule has 1 N–H and O–H groups in total. The fraction of sp³-hybridized carbons (Fsp3) is 0.538. The first-order valence-electron chi connectivity index (χ1n) is 5.42. The molecule has 1 heterocycles. The molecule has 0 radical (unpaired) electrons.